The van der Waals surface area contributed by atoms with Gasteiger partial charge in [-0.15, -0.1) is 0 Å². The first-order valence-electron chi connectivity index (χ1n) is 5.37. The van der Waals surface area contributed by atoms with Gasteiger partial charge in [-0.2, -0.15) is 11.8 Å². The Bertz CT molecular complexity index is 396. The summed E-state index contributed by atoms with van der Waals surface area (Å²) in [4.78, 5) is 2.27. The number of thioether (sulfide) groups is 1. The molecule has 2 nitrogen and oxygen atoms in total. The maximum Gasteiger partial charge on any atom is 0.128 e. The van der Waals surface area contributed by atoms with E-state index in [4.69, 9.17) is 5.41 Å². The average molecular weight is 218 g/mol. The first-order chi connectivity index (χ1) is 7.36. The van der Waals surface area contributed by atoms with Crippen LogP contribution in [0.3, 0.4) is 0 Å². The van der Waals surface area contributed by atoms with Crippen LogP contribution in [0.2, 0.25) is 0 Å². The molecule has 1 saturated heterocycles. The second kappa shape index (κ2) is 3.56. The number of fused-ring (bicyclic) bond motifs is 1. The number of rotatable bonds is 1. The monoisotopic (exact) mass is 218 g/mol. The molecule has 2 heterocycles. The van der Waals surface area contributed by atoms with Crippen molar-refractivity contribution in [1.82, 2.24) is 4.90 Å². The van der Waals surface area contributed by atoms with Gasteiger partial charge < -0.3 is 4.90 Å². The molecule has 0 bridgehead atoms. The zero-order valence-corrected chi connectivity index (χ0v) is 9.39. The molecule has 3 heteroatoms. The molecule has 1 N–H and O–H groups in total. The van der Waals surface area contributed by atoms with E-state index in [-0.39, 0.29) is 0 Å². The fourth-order valence-electron chi connectivity index (χ4n) is 2.39. The second-order valence-corrected chi connectivity index (χ2v) is 5.30. The quantitative estimate of drug-likeness (QED) is 0.783. The maximum atomic E-state index is 8.17. The zero-order valence-electron chi connectivity index (χ0n) is 8.57. The van der Waals surface area contributed by atoms with Gasteiger partial charge in [-0.3, -0.25) is 5.41 Å². The minimum atomic E-state index is 0.592. The Morgan fingerprint density at radius 3 is 2.93 bits per heavy atom. The fraction of sp³-hybridized carbons (Fsp3) is 0.417. The van der Waals surface area contributed by atoms with Crippen molar-refractivity contribution in [3.8, 4) is 0 Å². The number of hydrogen-bond acceptors (Lipinski definition) is 2. The highest BCUT2D eigenvalue weighted by Crippen LogP contribution is 2.30. The predicted molar refractivity (Wildman–Crippen MR) is 64.5 cm³/mol. The van der Waals surface area contributed by atoms with Crippen LogP contribution in [0.5, 0.6) is 0 Å². The second-order valence-electron chi connectivity index (χ2n) is 4.15. The summed E-state index contributed by atoms with van der Waals surface area (Å²) in [7, 11) is 0. The van der Waals surface area contributed by atoms with E-state index in [1.54, 1.807) is 0 Å². The van der Waals surface area contributed by atoms with Crippen LogP contribution in [0, 0.1) is 5.41 Å². The van der Waals surface area contributed by atoms with Crippen molar-refractivity contribution in [2.24, 2.45) is 0 Å². The lowest BCUT2D eigenvalue weighted by Crippen LogP contribution is -2.35. The van der Waals surface area contributed by atoms with Gasteiger partial charge in [0.1, 0.15) is 5.84 Å². The molecule has 0 saturated carbocycles. The molecule has 1 aromatic carbocycles. The van der Waals surface area contributed by atoms with Crippen LogP contribution >= 0.6 is 11.8 Å². The summed E-state index contributed by atoms with van der Waals surface area (Å²) in [5.74, 6) is 3.18. The Morgan fingerprint density at radius 1 is 1.33 bits per heavy atom. The number of amidine groups is 1. The highest BCUT2D eigenvalue weighted by Gasteiger charge is 2.31. The van der Waals surface area contributed by atoms with Crippen molar-refractivity contribution < 1.29 is 0 Å². The number of hydrogen-bond donors (Lipinski definition) is 1. The van der Waals surface area contributed by atoms with Gasteiger partial charge in [-0.1, -0.05) is 24.3 Å². The van der Waals surface area contributed by atoms with E-state index in [9.17, 15) is 0 Å². The van der Waals surface area contributed by atoms with E-state index in [1.807, 2.05) is 17.8 Å². The van der Waals surface area contributed by atoms with Crippen LogP contribution in [-0.2, 0) is 6.54 Å². The standard InChI is InChI=1S/C12H14N2S/c13-12-11-4-2-1-3-9(11)7-14(12)10-5-6-15-8-10/h1-4,10,13H,5-8H2. The van der Waals surface area contributed by atoms with E-state index < -0.39 is 0 Å². The molecule has 0 aliphatic carbocycles. The molecule has 1 unspecified atom stereocenters. The number of nitrogens with zero attached hydrogens (tertiary/aromatic N) is 1. The van der Waals surface area contributed by atoms with Crippen LogP contribution in [0.25, 0.3) is 0 Å². The number of nitrogens with one attached hydrogen (secondary N) is 1. The minimum absolute atomic E-state index is 0.592. The summed E-state index contributed by atoms with van der Waals surface area (Å²) < 4.78 is 0. The average Bonchev–Trinajstić information content (AvgIpc) is 2.87. The molecule has 3 rings (SSSR count). The third-order valence-electron chi connectivity index (χ3n) is 3.25. The van der Waals surface area contributed by atoms with Gasteiger partial charge in [-0.25, -0.2) is 0 Å². The predicted octanol–water partition coefficient (Wildman–Crippen LogP) is 2.33. The summed E-state index contributed by atoms with van der Waals surface area (Å²) in [5.41, 5.74) is 2.45. The van der Waals surface area contributed by atoms with Crippen molar-refractivity contribution in [3.05, 3.63) is 35.4 Å². The first kappa shape index (κ1) is 9.28. The highest BCUT2D eigenvalue weighted by atomic mass is 32.2. The topological polar surface area (TPSA) is 27.1 Å². The van der Waals surface area contributed by atoms with E-state index in [0.29, 0.717) is 6.04 Å². The van der Waals surface area contributed by atoms with Crippen LogP contribution < -0.4 is 0 Å². The van der Waals surface area contributed by atoms with Gasteiger partial charge in [0.25, 0.3) is 0 Å². The molecular formula is C12H14N2S. The smallest absolute Gasteiger partial charge is 0.128 e. The van der Waals surface area contributed by atoms with Gasteiger partial charge in [-0.05, 0) is 17.7 Å². The Kier molecular flexibility index (Phi) is 2.20. The molecule has 1 fully saturated rings. The molecule has 78 valence electrons. The van der Waals surface area contributed by atoms with Crippen LogP contribution in [0.4, 0.5) is 0 Å². The molecular weight excluding hydrogens is 204 g/mol. The Balaban J connectivity index is 1.89. The van der Waals surface area contributed by atoms with Crippen molar-refractivity contribution in [3.63, 3.8) is 0 Å². The third kappa shape index (κ3) is 1.46. The molecule has 0 radical (unpaired) electrons. The molecule has 0 aromatic heterocycles. The molecule has 0 spiro atoms. The fourth-order valence-corrected chi connectivity index (χ4v) is 3.61. The lowest BCUT2D eigenvalue weighted by Gasteiger charge is -2.24. The molecule has 1 atom stereocenters. The third-order valence-corrected chi connectivity index (χ3v) is 4.39. The molecule has 15 heavy (non-hydrogen) atoms. The summed E-state index contributed by atoms with van der Waals surface area (Å²) in [6.45, 7) is 0.945. The van der Waals surface area contributed by atoms with Crippen molar-refractivity contribution in [2.75, 3.05) is 11.5 Å². The normalized spacial score (nSPS) is 24.7. The summed E-state index contributed by atoms with van der Waals surface area (Å²) >= 11 is 2.01. The highest BCUT2D eigenvalue weighted by molar-refractivity contribution is 7.99. The lowest BCUT2D eigenvalue weighted by atomic mass is 10.1. The van der Waals surface area contributed by atoms with Gasteiger partial charge in [0, 0.05) is 23.9 Å². The van der Waals surface area contributed by atoms with Crippen LogP contribution in [0.1, 0.15) is 17.5 Å². The van der Waals surface area contributed by atoms with Gasteiger partial charge >= 0.3 is 0 Å². The van der Waals surface area contributed by atoms with Crippen molar-refractivity contribution in [1.29, 1.82) is 5.41 Å². The van der Waals surface area contributed by atoms with Crippen LogP contribution in [-0.4, -0.2) is 28.3 Å². The molecule has 1 aromatic rings. The molecule has 2 aliphatic rings. The SMILES string of the molecule is N=C1c2ccccc2CN1C1CCSC1. The first-order valence-corrected chi connectivity index (χ1v) is 6.53. The van der Waals surface area contributed by atoms with E-state index >= 15 is 0 Å². The summed E-state index contributed by atoms with van der Waals surface area (Å²) in [6.07, 6.45) is 1.24. The summed E-state index contributed by atoms with van der Waals surface area (Å²) in [6, 6.07) is 8.90. The van der Waals surface area contributed by atoms with Crippen LogP contribution in [0.15, 0.2) is 24.3 Å². The lowest BCUT2D eigenvalue weighted by molar-refractivity contribution is 0.340. The summed E-state index contributed by atoms with van der Waals surface area (Å²) in [5, 5.41) is 8.17. The van der Waals surface area contributed by atoms with Crippen molar-refractivity contribution >= 4 is 17.6 Å². The Labute approximate surface area is 94.2 Å². The Hall–Kier alpha value is -0.960. The minimum Gasteiger partial charge on any atom is -0.348 e. The maximum absolute atomic E-state index is 8.17. The van der Waals surface area contributed by atoms with Gasteiger partial charge in [0.05, 0.1) is 0 Å². The van der Waals surface area contributed by atoms with E-state index in [2.05, 4.69) is 23.1 Å². The van der Waals surface area contributed by atoms with Gasteiger partial charge in [0.2, 0.25) is 0 Å². The van der Waals surface area contributed by atoms with E-state index in [1.165, 1.54) is 23.5 Å². The van der Waals surface area contributed by atoms with E-state index in [0.717, 1.165) is 17.9 Å². The van der Waals surface area contributed by atoms with Gasteiger partial charge in [0.15, 0.2) is 0 Å². The number of benzene rings is 1. The zero-order chi connectivity index (χ0) is 10.3. The molecule has 0 amide bonds. The Morgan fingerprint density at radius 2 is 2.20 bits per heavy atom. The largest absolute Gasteiger partial charge is 0.348 e. The molecule has 2 aliphatic heterocycles. The van der Waals surface area contributed by atoms with Crippen molar-refractivity contribution in [2.45, 2.75) is 19.0 Å².